The van der Waals surface area contributed by atoms with E-state index in [0.29, 0.717) is 18.0 Å². The third-order valence-corrected chi connectivity index (χ3v) is 7.41. The topological polar surface area (TPSA) is 52.9 Å². The lowest BCUT2D eigenvalue weighted by atomic mass is 9.48. The molecule has 0 atom stereocenters. The van der Waals surface area contributed by atoms with E-state index in [1.165, 1.54) is 12.5 Å². The Labute approximate surface area is 205 Å². The Hall–Kier alpha value is -2.68. The fourth-order valence-electron chi connectivity index (χ4n) is 5.71. The van der Waals surface area contributed by atoms with Gasteiger partial charge in [0.2, 0.25) is 7.28 Å². The molecule has 1 aromatic carbocycles. The lowest BCUT2D eigenvalue weighted by Gasteiger charge is -2.47. The van der Waals surface area contributed by atoms with Gasteiger partial charge in [-0.05, 0) is 80.1 Å². The third kappa shape index (κ3) is 5.15. The summed E-state index contributed by atoms with van der Waals surface area (Å²) in [6.07, 6.45) is 4.19. The van der Waals surface area contributed by atoms with Gasteiger partial charge in [-0.25, -0.2) is 0 Å². The summed E-state index contributed by atoms with van der Waals surface area (Å²) in [4.78, 5) is 6.45. The van der Waals surface area contributed by atoms with Gasteiger partial charge < -0.3 is 5.32 Å². The molecule has 0 amide bonds. The molecule has 1 radical (unpaired) electrons. The number of nitrogens with one attached hydrogen (secondary N) is 1. The van der Waals surface area contributed by atoms with Crippen LogP contribution < -0.4 is 5.32 Å². The number of hydrogen-bond donors (Lipinski definition) is 1. The van der Waals surface area contributed by atoms with Crippen molar-refractivity contribution in [2.24, 2.45) is 16.1 Å². The van der Waals surface area contributed by atoms with E-state index in [-0.39, 0.29) is 17.7 Å². The summed E-state index contributed by atoms with van der Waals surface area (Å²) in [5, 5.41) is 11.5. The number of likely N-dealkylation sites (tertiary alicyclic amines) is 1. The molecular formula is C26H30BF3N5. The van der Waals surface area contributed by atoms with Crippen LogP contribution in [-0.2, 0) is 24.7 Å². The number of hydrogen-bond acceptors (Lipinski definition) is 5. The van der Waals surface area contributed by atoms with Crippen molar-refractivity contribution in [1.29, 1.82) is 0 Å². The molecule has 3 heterocycles. The van der Waals surface area contributed by atoms with Gasteiger partial charge in [-0.1, -0.05) is 25.5 Å². The first-order chi connectivity index (χ1) is 16.8. The maximum atomic E-state index is 13.9. The van der Waals surface area contributed by atoms with E-state index in [1.807, 2.05) is 25.5 Å². The van der Waals surface area contributed by atoms with E-state index in [4.69, 9.17) is 0 Å². The first-order valence-electron chi connectivity index (χ1n) is 12.4. The smallest absolute Gasteiger partial charge is 0.379 e. The van der Waals surface area contributed by atoms with E-state index >= 15 is 0 Å². The Balaban J connectivity index is 1.33. The molecule has 1 aliphatic carbocycles. The Morgan fingerprint density at radius 1 is 1.14 bits per heavy atom. The first-order valence-corrected chi connectivity index (χ1v) is 12.4. The first kappa shape index (κ1) is 24.0. The van der Waals surface area contributed by atoms with Gasteiger partial charge in [-0.15, -0.1) is 0 Å². The number of anilines is 1. The molecule has 1 aromatic heterocycles. The summed E-state index contributed by atoms with van der Waals surface area (Å²) in [6.45, 7) is 4.59. The molecule has 2 aliphatic heterocycles. The molecule has 5 rings (SSSR count). The Bertz CT molecular complexity index is 1120. The van der Waals surface area contributed by atoms with Crippen LogP contribution in [0.25, 0.3) is 0 Å². The van der Waals surface area contributed by atoms with Crippen LogP contribution in [0.4, 0.5) is 18.9 Å². The van der Waals surface area contributed by atoms with Gasteiger partial charge in [0.25, 0.3) is 0 Å². The summed E-state index contributed by atoms with van der Waals surface area (Å²) >= 11 is 0. The average molecular weight is 480 g/mol. The number of aromatic nitrogens is 1. The van der Waals surface area contributed by atoms with Gasteiger partial charge in [0.05, 0.1) is 17.8 Å². The van der Waals surface area contributed by atoms with Crippen LogP contribution in [0.2, 0.25) is 0 Å². The number of rotatable bonds is 7. The van der Waals surface area contributed by atoms with Gasteiger partial charge in [-0.3, -0.25) is 9.88 Å². The molecule has 2 aromatic rings. The van der Waals surface area contributed by atoms with Crippen molar-refractivity contribution in [1.82, 2.24) is 9.88 Å². The van der Waals surface area contributed by atoms with Crippen LogP contribution in [0, 0.1) is 5.92 Å². The molecule has 0 unspecified atom stereocenters. The van der Waals surface area contributed by atoms with Crippen molar-refractivity contribution in [3.8, 4) is 0 Å². The molecule has 2 fully saturated rings. The zero-order chi connectivity index (χ0) is 24.5. The molecule has 3 aliphatic rings. The maximum absolute atomic E-state index is 13.9. The summed E-state index contributed by atoms with van der Waals surface area (Å²) in [7, 11) is 1.96. The lowest BCUT2D eigenvalue weighted by Crippen LogP contribution is -2.48. The predicted octanol–water partition coefficient (Wildman–Crippen LogP) is 5.43. The van der Waals surface area contributed by atoms with E-state index in [1.54, 1.807) is 12.3 Å². The van der Waals surface area contributed by atoms with Crippen molar-refractivity contribution < 1.29 is 13.2 Å². The minimum Gasteiger partial charge on any atom is -0.379 e. The Kier molecular flexibility index (Phi) is 6.70. The molecule has 183 valence electrons. The zero-order valence-electron chi connectivity index (χ0n) is 20.0. The molecule has 1 saturated heterocycles. The fraction of sp³-hybridized carbons (Fsp3) is 0.500. The Morgan fingerprint density at radius 2 is 1.94 bits per heavy atom. The summed E-state index contributed by atoms with van der Waals surface area (Å²) in [6, 6.07) is 9.19. The van der Waals surface area contributed by atoms with Crippen molar-refractivity contribution in [2.45, 2.75) is 63.7 Å². The molecule has 5 nitrogen and oxygen atoms in total. The van der Waals surface area contributed by atoms with Gasteiger partial charge in [0, 0.05) is 29.5 Å². The predicted molar refractivity (Wildman–Crippen MR) is 134 cm³/mol. The van der Waals surface area contributed by atoms with E-state index < -0.39 is 11.7 Å². The van der Waals surface area contributed by atoms with Crippen molar-refractivity contribution >= 4 is 24.7 Å². The molecule has 9 heteroatoms. The average Bonchev–Trinajstić information content (AvgIpc) is 3.36. The maximum Gasteiger partial charge on any atom is 0.418 e. The number of halogens is 3. The second-order valence-corrected chi connectivity index (χ2v) is 10.1. The quantitative estimate of drug-likeness (QED) is 0.538. The standard InChI is InChI=1S/C26H30BF3N5/c1-18-12-25(13-18,24-27-17-33-34-24)20-6-5-7-21(11-20)31-15-23-22(26(28,29)30)10-19(14-32-23)16-35-8-3-2-4-9-35/h5-7,10-11,14,17-18,31H,2-4,8-9,12-13,15-16H2,1H3. The van der Waals surface area contributed by atoms with Gasteiger partial charge in [0.15, 0.2) is 0 Å². The van der Waals surface area contributed by atoms with Crippen LogP contribution in [0.15, 0.2) is 46.7 Å². The minimum atomic E-state index is -4.45. The summed E-state index contributed by atoms with van der Waals surface area (Å²) in [5.74, 6) is 0.588. The second-order valence-electron chi connectivity index (χ2n) is 10.1. The highest BCUT2D eigenvalue weighted by atomic mass is 19.4. The number of pyridine rings is 1. The molecule has 35 heavy (non-hydrogen) atoms. The summed E-state index contributed by atoms with van der Waals surface area (Å²) in [5.41, 5.74) is 2.63. The normalized spacial score (nSPS) is 24.6. The van der Waals surface area contributed by atoms with Crippen LogP contribution in [0.3, 0.4) is 0 Å². The number of nitrogens with zero attached hydrogens (tertiary/aromatic N) is 4. The van der Waals surface area contributed by atoms with Crippen LogP contribution in [-0.4, -0.2) is 42.0 Å². The number of piperidine rings is 1. The Morgan fingerprint density at radius 3 is 2.63 bits per heavy atom. The van der Waals surface area contributed by atoms with Crippen LogP contribution >= 0.6 is 0 Å². The van der Waals surface area contributed by atoms with Crippen molar-refractivity contribution in [3.05, 3.63) is 58.9 Å². The van der Waals surface area contributed by atoms with Gasteiger partial charge in [-0.2, -0.15) is 23.4 Å². The zero-order valence-corrected chi connectivity index (χ0v) is 20.0. The van der Waals surface area contributed by atoms with Gasteiger partial charge in [0.1, 0.15) is 0 Å². The molecule has 1 N–H and O–H groups in total. The number of benzene rings is 1. The molecule has 0 spiro atoms. The highest BCUT2D eigenvalue weighted by molar-refractivity contribution is 6.96. The van der Waals surface area contributed by atoms with E-state index in [2.05, 4.69) is 38.4 Å². The molecular weight excluding hydrogens is 450 g/mol. The lowest BCUT2D eigenvalue weighted by molar-refractivity contribution is -0.138. The highest BCUT2D eigenvalue weighted by Gasteiger charge is 2.47. The highest BCUT2D eigenvalue weighted by Crippen LogP contribution is 2.49. The van der Waals surface area contributed by atoms with Crippen molar-refractivity contribution in [2.75, 3.05) is 18.4 Å². The monoisotopic (exact) mass is 480 g/mol. The van der Waals surface area contributed by atoms with Crippen molar-refractivity contribution in [3.63, 3.8) is 0 Å². The summed E-state index contributed by atoms with van der Waals surface area (Å²) < 4.78 is 41.7. The largest absolute Gasteiger partial charge is 0.418 e. The minimum absolute atomic E-state index is 0.00186. The van der Waals surface area contributed by atoms with Gasteiger partial charge >= 0.3 is 6.18 Å². The van der Waals surface area contributed by atoms with Crippen LogP contribution in [0.5, 0.6) is 0 Å². The number of alkyl halides is 3. The van der Waals surface area contributed by atoms with Crippen LogP contribution in [0.1, 0.15) is 61.4 Å². The van der Waals surface area contributed by atoms with E-state index in [9.17, 15) is 13.2 Å². The van der Waals surface area contributed by atoms with E-state index in [0.717, 1.165) is 55.6 Å². The third-order valence-electron chi connectivity index (χ3n) is 7.41. The fourth-order valence-corrected chi connectivity index (χ4v) is 5.71. The molecule has 0 bridgehead atoms. The second kappa shape index (κ2) is 9.76. The SMILES string of the molecule is CC1CC(C2=NN=C[B]2)(c2cccc(NCc3ncc(CN4CCCCC4)cc3C(F)(F)F)c2)C1. The molecule has 1 saturated carbocycles.